The fourth-order valence-electron chi connectivity index (χ4n) is 3.40. The van der Waals surface area contributed by atoms with Gasteiger partial charge in [-0.05, 0) is 55.2 Å². The van der Waals surface area contributed by atoms with E-state index in [-0.39, 0.29) is 0 Å². The van der Waals surface area contributed by atoms with Gasteiger partial charge in [0, 0.05) is 6.42 Å². The second-order valence-electron chi connectivity index (χ2n) is 7.26. The number of benzene rings is 1. The SMILES string of the molecule is CC1(C)CCCC(O)(c2ccc3c(c2)OCCCO3)CC1. The largest absolute Gasteiger partial charge is 0.490 e. The van der Waals surface area contributed by atoms with Crippen LogP contribution in [-0.4, -0.2) is 18.3 Å². The third-order valence-corrected chi connectivity index (χ3v) is 4.94. The molecular weight excluding hydrogens is 264 g/mol. The smallest absolute Gasteiger partial charge is 0.161 e. The van der Waals surface area contributed by atoms with Crippen LogP contribution in [0.3, 0.4) is 0 Å². The van der Waals surface area contributed by atoms with Gasteiger partial charge < -0.3 is 14.6 Å². The minimum Gasteiger partial charge on any atom is -0.490 e. The summed E-state index contributed by atoms with van der Waals surface area (Å²) in [7, 11) is 0. The van der Waals surface area contributed by atoms with Crippen LogP contribution < -0.4 is 9.47 Å². The summed E-state index contributed by atoms with van der Waals surface area (Å²) >= 11 is 0. The van der Waals surface area contributed by atoms with Crippen LogP contribution in [0.15, 0.2) is 18.2 Å². The van der Waals surface area contributed by atoms with E-state index < -0.39 is 5.60 Å². The zero-order valence-electron chi connectivity index (χ0n) is 13.2. The molecule has 1 saturated carbocycles. The van der Waals surface area contributed by atoms with Crippen molar-refractivity contribution in [1.29, 1.82) is 0 Å². The second kappa shape index (κ2) is 5.53. The van der Waals surface area contributed by atoms with Gasteiger partial charge >= 0.3 is 0 Å². The first kappa shape index (κ1) is 14.7. The molecule has 1 aromatic rings. The number of ether oxygens (including phenoxy) is 2. The Morgan fingerprint density at radius 2 is 1.67 bits per heavy atom. The summed E-state index contributed by atoms with van der Waals surface area (Å²) in [5, 5.41) is 11.1. The van der Waals surface area contributed by atoms with Crippen molar-refractivity contribution in [2.75, 3.05) is 13.2 Å². The molecule has 0 saturated heterocycles. The molecule has 0 aromatic heterocycles. The van der Waals surface area contributed by atoms with Crippen molar-refractivity contribution in [3.05, 3.63) is 23.8 Å². The van der Waals surface area contributed by atoms with Crippen LogP contribution in [0.25, 0.3) is 0 Å². The number of hydrogen-bond acceptors (Lipinski definition) is 3. The van der Waals surface area contributed by atoms with Crippen molar-refractivity contribution in [1.82, 2.24) is 0 Å². The molecule has 1 unspecified atom stereocenters. The molecular formula is C18H26O3. The standard InChI is InChI=1S/C18H26O3/c1-17(2)7-3-8-18(19,10-9-17)14-5-6-15-16(13-14)21-12-4-11-20-15/h5-6,13,19H,3-4,7-12H2,1-2H3. The molecule has 0 spiro atoms. The summed E-state index contributed by atoms with van der Waals surface area (Å²) in [6.07, 6.45) is 5.86. The van der Waals surface area contributed by atoms with E-state index in [1.54, 1.807) is 0 Å². The summed E-state index contributed by atoms with van der Waals surface area (Å²) in [4.78, 5) is 0. The van der Waals surface area contributed by atoms with Gasteiger partial charge in [-0.1, -0.05) is 19.9 Å². The lowest BCUT2D eigenvalue weighted by molar-refractivity contribution is 0.0178. The van der Waals surface area contributed by atoms with Gasteiger partial charge in [0.1, 0.15) is 0 Å². The van der Waals surface area contributed by atoms with Gasteiger partial charge in [0.15, 0.2) is 11.5 Å². The molecule has 3 nitrogen and oxygen atoms in total. The Morgan fingerprint density at radius 3 is 2.48 bits per heavy atom. The van der Waals surface area contributed by atoms with Crippen molar-refractivity contribution < 1.29 is 14.6 Å². The topological polar surface area (TPSA) is 38.7 Å². The van der Waals surface area contributed by atoms with E-state index in [9.17, 15) is 5.11 Å². The molecule has 21 heavy (non-hydrogen) atoms. The summed E-state index contributed by atoms with van der Waals surface area (Å²) in [5.74, 6) is 1.58. The van der Waals surface area contributed by atoms with Gasteiger partial charge in [-0.15, -0.1) is 0 Å². The Hall–Kier alpha value is -1.22. The Labute approximate surface area is 127 Å². The number of rotatable bonds is 1. The van der Waals surface area contributed by atoms with Crippen molar-refractivity contribution in [3.63, 3.8) is 0 Å². The van der Waals surface area contributed by atoms with Gasteiger partial charge in [-0.25, -0.2) is 0 Å². The van der Waals surface area contributed by atoms with Crippen LogP contribution in [0.4, 0.5) is 0 Å². The van der Waals surface area contributed by atoms with Gasteiger partial charge in [0.2, 0.25) is 0 Å². The van der Waals surface area contributed by atoms with E-state index in [1.807, 2.05) is 18.2 Å². The van der Waals surface area contributed by atoms with Crippen molar-refractivity contribution >= 4 is 0 Å². The molecule has 0 radical (unpaired) electrons. The van der Waals surface area contributed by atoms with Crippen molar-refractivity contribution in [2.24, 2.45) is 5.41 Å². The van der Waals surface area contributed by atoms with Crippen LogP contribution in [-0.2, 0) is 5.60 Å². The lowest BCUT2D eigenvalue weighted by atomic mass is 9.82. The van der Waals surface area contributed by atoms with Crippen LogP contribution in [0.1, 0.15) is 57.9 Å². The molecule has 116 valence electrons. The number of aliphatic hydroxyl groups is 1. The summed E-state index contributed by atoms with van der Waals surface area (Å²) < 4.78 is 11.4. The van der Waals surface area contributed by atoms with E-state index in [2.05, 4.69) is 13.8 Å². The highest BCUT2D eigenvalue weighted by Gasteiger charge is 2.35. The van der Waals surface area contributed by atoms with Crippen LogP contribution in [0, 0.1) is 5.41 Å². The lowest BCUT2D eigenvalue weighted by Gasteiger charge is -2.29. The highest BCUT2D eigenvalue weighted by Crippen LogP contribution is 2.44. The maximum atomic E-state index is 11.1. The number of fused-ring (bicyclic) bond motifs is 1. The molecule has 3 rings (SSSR count). The van der Waals surface area contributed by atoms with E-state index in [4.69, 9.17) is 9.47 Å². The average molecular weight is 290 g/mol. The summed E-state index contributed by atoms with van der Waals surface area (Å²) in [6.45, 7) is 5.98. The van der Waals surface area contributed by atoms with Crippen LogP contribution in [0.2, 0.25) is 0 Å². The van der Waals surface area contributed by atoms with Gasteiger partial charge in [0.05, 0.1) is 18.8 Å². The normalized spacial score (nSPS) is 28.5. The highest BCUT2D eigenvalue weighted by molar-refractivity contribution is 5.45. The van der Waals surface area contributed by atoms with Gasteiger partial charge in [0.25, 0.3) is 0 Å². The average Bonchev–Trinajstić information content (AvgIpc) is 2.76. The predicted octanol–water partition coefficient (Wildman–Crippen LogP) is 4.03. The molecule has 0 amide bonds. The molecule has 1 fully saturated rings. The quantitative estimate of drug-likeness (QED) is 0.794. The van der Waals surface area contributed by atoms with Crippen molar-refractivity contribution in [3.8, 4) is 11.5 Å². The molecule has 3 heteroatoms. The third kappa shape index (κ3) is 3.18. The first-order valence-electron chi connectivity index (χ1n) is 8.11. The maximum Gasteiger partial charge on any atom is 0.161 e. The summed E-state index contributed by atoms with van der Waals surface area (Å²) in [5.41, 5.74) is 0.582. The zero-order chi connectivity index (χ0) is 14.9. The highest BCUT2D eigenvalue weighted by atomic mass is 16.5. The molecule has 1 N–H and O–H groups in total. The Kier molecular flexibility index (Phi) is 3.87. The Morgan fingerprint density at radius 1 is 0.905 bits per heavy atom. The predicted molar refractivity (Wildman–Crippen MR) is 82.8 cm³/mol. The third-order valence-electron chi connectivity index (χ3n) is 4.94. The molecule has 2 aliphatic rings. The first-order chi connectivity index (χ1) is 9.99. The molecule has 1 aliphatic heterocycles. The van der Waals surface area contributed by atoms with Gasteiger partial charge in [-0.3, -0.25) is 0 Å². The van der Waals surface area contributed by atoms with Crippen LogP contribution >= 0.6 is 0 Å². The Balaban J connectivity index is 1.87. The molecule has 1 aliphatic carbocycles. The molecule has 1 atom stereocenters. The van der Waals surface area contributed by atoms with E-state index >= 15 is 0 Å². The monoisotopic (exact) mass is 290 g/mol. The first-order valence-corrected chi connectivity index (χ1v) is 8.11. The minimum atomic E-state index is -0.724. The summed E-state index contributed by atoms with van der Waals surface area (Å²) in [6, 6.07) is 5.94. The van der Waals surface area contributed by atoms with Gasteiger partial charge in [-0.2, -0.15) is 0 Å². The molecule has 0 bridgehead atoms. The maximum absolute atomic E-state index is 11.1. The van der Waals surface area contributed by atoms with E-state index in [0.717, 1.165) is 49.2 Å². The minimum absolute atomic E-state index is 0.329. The fourth-order valence-corrected chi connectivity index (χ4v) is 3.40. The lowest BCUT2D eigenvalue weighted by Crippen LogP contribution is -2.25. The van der Waals surface area contributed by atoms with Crippen molar-refractivity contribution in [2.45, 2.75) is 58.0 Å². The number of hydrogen-bond donors (Lipinski definition) is 1. The zero-order valence-corrected chi connectivity index (χ0v) is 13.2. The Bertz CT molecular complexity index is 509. The fraction of sp³-hybridized carbons (Fsp3) is 0.667. The van der Waals surface area contributed by atoms with E-state index in [0.29, 0.717) is 18.6 Å². The van der Waals surface area contributed by atoms with E-state index in [1.165, 1.54) is 6.42 Å². The van der Waals surface area contributed by atoms with Crippen LogP contribution in [0.5, 0.6) is 11.5 Å². The molecule has 1 aromatic carbocycles. The molecule has 1 heterocycles. The second-order valence-corrected chi connectivity index (χ2v) is 7.26.